The zero-order chi connectivity index (χ0) is 15.6. The lowest BCUT2D eigenvalue weighted by molar-refractivity contribution is -0.496. The molecule has 2 bridgehead atoms. The third-order valence-electron chi connectivity index (χ3n) is 5.64. The number of benzene rings is 1. The van der Waals surface area contributed by atoms with Gasteiger partial charge in [0.15, 0.2) is 0 Å². The van der Waals surface area contributed by atoms with Gasteiger partial charge in [-0.15, -0.1) is 0 Å². The van der Waals surface area contributed by atoms with E-state index in [1.54, 1.807) is 12.4 Å². The Kier molecular flexibility index (Phi) is 2.57. The van der Waals surface area contributed by atoms with Crippen LogP contribution in [0.4, 0.5) is 0 Å². The minimum absolute atomic E-state index is 0.0969. The van der Waals surface area contributed by atoms with E-state index in [4.69, 9.17) is 0 Å². The van der Waals surface area contributed by atoms with E-state index in [1.807, 2.05) is 6.20 Å². The standard InChI is InChI=1S/C18H18N3O2/c22-17-6-3-7-21(17)15-10-14-12-4-1-2-5-13(12)18(15)16-11-19(23)8-9-20(14)16/h1-2,4-5,8-9,11,14-15,18H,3,6-7,10H2/q+1. The Labute approximate surface area is 133 Å². The predicted molar refractivity (Wildman–Crippen MR) is 83.6 cm³/mol. The van der Waals surface area contributed by atoms with E-state index in [1.165, 1.54) is 11.1 Å². The number of amides is 1. The molecular weight excluding hydrogens is 290 g/mol. The fourth-order valence-electron chi connectivity index (χ4n) is 4.73. The molecule has 1 aromatic carbocycles. The van der Waals surface area contributed by atoms with Gasteiger partial charge in [-0.1, -0.05) is 24.3 Å². The van der Waals surface area contributed by atoms with E-state index >= 15 is 0 Å². The molecule has 1 saturated heterocycles. The highest BCUT2D eigenvalue weighted by molar-refractivity contribution is 5.79. The Balaban J connectivity index is 1.73. The second-order valence-corrected chi connectivity index (χ2v) is 6.74. The SMILES string of the molecule is O=C1CCCN1C1CC2c3ccccc3C1c1c[n+](=O)ccn12. The number of carbonyl (C=O) groups excluding carboxylic acids is 1. The van der Waals surface area contributed by atoms with Crippen LogP contribution in [0.1, 0.15) is 48.0 Å². The van der Waals surface area contributed by atoms with E-state index in [0.29, 0.717) is 6.42 Å². The monoisotopic (exact) mass is 308 g/mol. The number of aromatic nitrogens is 2. The molecule has 6 rings (SSSR count). The molecule has 3 atom stereocenters. The van der Waals surface area contributed by atoms with Gasteiger partial charge in [0, 0.05) is 23.9 Å². The van der Waals surface area contributed by atoms with Crippen molar-refractivity contribution < 1.29 is 9.22 Å². The highest BCUT2D eigenvalue weighted by Gasteiger charge is 2.48. The Morgan fingerprint density at radius 1 is 1.17 bits per heavy atom. The summed E-state index contributed by atoms with van der Waals surface area (Å²) in [6, 6.07) is 8.86. The van der Waals surface area contributed by atoms with E-state index in [2.05, 4.69) is 33.7 Å². The molecule has 5 heteroatoms. The van der Waals surface area contributed by atoms with Crippen LogP contribution in [-0.2, 0) is 4.79 Å². The van der Waals surface area contributed by atoms with Crippen LogP contribution in [0.5, 0.6) is 0 Å². The van der Waals surface area contributed by atoms with Gasteiger partial charge in [-0.25, -0.2) is 0 Å². The average Bonchev–Trinajstić information content (AvgIpc) is 3.00. The summed E-state index contributed by atoms with van der Waals surface area (Å²) in [5.41, 5.74) is 3.64. The van der Waals surface area contributed by atoms with Gasteiger partial charge in [0.2, 0.25) is 18.3 Å². The number of carbonyl (C=O) groups is 1. The Hall–Kier alpha value is -2.43. The average molecular weight is 308 g/mol. The molecule has 1 aromatic heterocycles. The largest absolute Gasteiger partial charge is 0.339 e. The van der Waals surface area contributed by atoms with E-state index in [-0.39, 0.29) is 23.9 Å². The molecule has 0 N–H and O–H groups in total. The summed E-state index contributed by atoms with van der Waals surface area (Å²) in [6.07, 6.45) is 7.67. The first-order valence-corrected chi connectivity index (χ1v) is 8.26. The van der Waals surface area contributed by atoms with Crippen molar-refractivity contribution in [2.24, 2.45) is 0 Å². The number of hydrogen-bond acceptors (Lipinski definition) is 2. The predicted octanol–water partition coefficient (Wildman–Crippen LogP) is 1.83. The van der Waals surface area contributed by atoms with Crippen molar-refractivity contribution >= 4 is 5.91 Å². The van der Waals surface area contributed by atoms with E-state index in [9.17, 15) is 9.70 Å². The van der Waals surface area contributed by atoms with Gasteiger partial charge in [-0.3, -0.25) is 4.79 Å². The van der Waals surface area contributed by atoms with Gasteiger partial charge in [-0.05, 0) is 24.0 Å². The molecule has 3 unspecified atom stereocenters. The van der Waals surface area contributed by atoms with Crippen molar-refractivity contribution in [2.45, 2.75) is 37.3 Å². The van der Waals surface area contributed by atoms with Crippen LogP contribution in [0, 0.1) is 4.91 Å². The number of rotatable bonds is 1. The van der Waals surface area contributed by atoms with Crippen LogP contribution in [0.2, 0.25) is 0 Å². The summed E-state index contributed by atoms with van der Waals surface area (Å²) in [7, 11) is 0. The Bertz CT molecular complexity index is 873. The molecule has 5 nitrogen and oxygen atoms in total. The number of hydrogen-bond donors (Lipinski definition) is 0. The minimum Gasteiger partial charge on any atom is -0.339 e. The second-order valence-electron chi connectivity index (χ2n) is 6.74. The quantitative estimate of drug-likeness (QED) is 0.755. The summed E-state index contributed by atoms with van der Waals surface area (Å²) in [5, 5.41) is 0. The molecule has 1 fully saturated rings. The van der Waals surface area contributed by atoms with Crippen molar-refractivity contribution in [1.29, 1.82) is 0 Å². The fourth-order valence-corrected chi connectivity index (χ4v) is 4.73. The van der Waals surface area contributed by atoms with Crippen molar-refractivity contribution in [3.05, 3.63) is 64.6 Å². The highest BCUT2D eigenvalue weighted by Crippen LogP contribution is 2.50. The van der Waals surface area contributed by atoms with Crippen molar-refractivity contribution in [3.63, 3.8) is 0 Å². The molecule has 1 amide bonds. The number of likely N-dealkylation sites (tertiary alicyclic amines) is 1. The molecule has 2 aromatic rings. The first-order chi connectivity index (χ1) is 11.2. The lowest BCUT2D eigenvalue weighted by atomic mass is 9.71. The maximum atomic E-state index is 12.3. The molecule has 0 saturated carbocycles. The van der Waals surface area contributed by atoms with Gasteiger partial charge in [0.05, 0.1) is 28.3 Å². The van der Waals surface area contributed by atoms with Crippen molar-refractivity contribution in [3.8, 4) is 0 Å². The zero-order valence-electron chi connectivity index (χ0n) is 12.8. The van der Waals surface area contributed by atoms with Gasteiger partial charge in [-0.2, -0.15) is 0 Å². The lowest BCUT2D eigenvalue weighted by Crippen LogP contribution is -2.50. The van der Waals surface area contributed by atoms with Gasteiger partial charge in [0.1, 0.15) is 0 Å². The maximum Gasteiger partial charge on any atom is 0.247 e. The molecular formula is C18H18N3O2+. The molecule has 116 valence electrons. The molecule has 0 radical (unpaired) electrons. The summed E-state index contributed by atoms with van der Waals surface area (Å²) in [4.78, 5) is 26.2. The first-order valence-electron chi connectivity index (χ1n) is 8.26. The smallest absolute Gasteiger partial charge is 0.247 e. The second kappa shape index (κ2) is 4.54. The number of nitrogens with zero attached hydrogens (tertiary/aromatic N) is 3. The van der Waals surface area contributed by atoms with Crippen molar-refractivity contribution in [1.82, 2.24) is 9.47 Å². The molecule has 23 heavy (non-hydrogen) atoms. The fraction of sp³-hybridized carbons (Fsp3) is 0.389. The maximum absolute atomic E-state index is 12.3. The summed E-state index contributed by atoms with van der Waals surface area (Å²) < 4.78 is 3.09. The normalized spacial score (nSPS) is 27.9. The molecule has 1 aliphatic carbocycles. The third-order valence-corrected chi connectivity index (χ3v) is 5.64. The van der Waals surface area contributed by atoms with Crippen LogP contribution in [0.15, 0.2) is 42.9 Å². The first kappa shape index (κ1) is 13.0. The topological polar surface area (TPSA) is 48.2 Å². The van der Waals surface area contributed by atoms with Gasteiger partial charge in [0.25, 0.3) is 0 Å². The Morgan fingerprint density at radius 3 is 2.78 bits per heavy atom. The molecule has 0 spiro atoms. The molecule has 4 heterocycles. The van der Waals surface area contributed by atoms with Crippen molar-refractivity contribution in [2.75, 3.05) is 6.54 Å². The van der Waals surface area contributed by atoms with Gasteiger partial charge >= 0.3 is 0 Å². The molecule has 4 aliphatic rings. The van der Waals surface area contributed by atoms with Crippen LogP contribution < -0.4 is 4.43 Å². The number of fused-ring (bicyclic) bond motifs is 1. The molecule has 3 aliphatic heterocycles. The third kappa shape index (κ3) is 1.70. The van der Waals surface area contributed by atoms with Gasteiger partial charge < -0.3 is 9.47 Å². The minimum atomic E-state index is 0.0969. The summed E-state index contributed by atoms with van der Waals surface area (Å²) in [6.45, 7) is 0.846. The lowest BCUT2D eigenvalue weighted by Gasteiger charge is -2.48. The van der Waals surface area contributed by atoms with E-state index in [0.717, 1.165) is 29.5 Å². The van der Waals surface area contributed by atoms with Crippen LogP contribution in [-0.4, -0.2) is 28.0 Å². The van der Waals surface area contributed by atoms with Crippen LogP contribution in [0.25, 0.3) is 0 Å². The Morgan fingerprint density at radius 2 is 2.00 bits per heavy atom. The van der Waals surface area contributed by atoms with E-state index < -0.39 is 0 Å². The zero-order valence-corrected chi connectivity index (χ0v) is 12.8. The van der Waals surface area contributed by atoms with Crippen LogP contribution in [0.3, 0.4) is 0 Å². The van der Waals surface area contributed by atoms with Crippen LogP contribution >= 0.6 is 0 Å². The highest BCUT2D eigenvalue weighted by atomic mass is 16.3. The summed E-state index contributed by atoms with van der Waals surface area (Å²) in [5.74, 6) is 0.358. The summed E-state index contributed by atoms with van der Waals surface area (Å²) >= 11 is 0.